The molecule has 1 aliphatic rings. The number of halogens is 2. The summed E-state index contributed by atoms with van der Waals surface area (Å²) < 4.78 is 26.8. The van der Waals surface area contributed by atoms with Crippen LogP contribution < -0.4 is 4.72 Å². The molecule has 0 spiro atoms. The lowest BCUT2D eigenvalue weighted by Gasteiger charge is -2.18. The Morgan fingerprint density at radius 2 is 1.43 bits per heavy atom. The van der Waals surface area contributed by atoms with Crippen LogP contribution in [0.2, 0.25) is 10.0 Å². The van der Waals surface area contributed by atoms with Gasteiger partial charge in [0.25, 0.3) is 0 Å². The van der Waals surface area contributed by atoms with Crippen LogP contribution in [0.3, 0.4) is 0 Å². The highest BCUT2D eigenvalue weighted by molar-refractivity contribution is 7.89. The first-order valence-electron chi connectivity index (χ1n) is 12.9. The second-order valence-corrected chi connectivity index (χ2v) is 12.4. The van der Waals surface area contributed by atoms with Gasteiger partial charge in [0.05, 0.1) is 24.9 Å². The van der Waals surface area contributed by atoms with Gasteiger partial charge in [-0.1, -0.05) is 47.5 Å². The van der Waals surface area contributed by atoms with Gasteiger partial charge in [0.15, 0.2) is 6.29 Å². The smallest absolute Gasteiger partial charge is 0.211 e. The molecule has 11 heteroatoms. The van der Waals surface area contributed by atoms with Crippen molar-refractivity contribution < 1.29 is 13.2 Å². The Kier molecular flexibility index (Phi) is 10.1. The zero-order chi connectivity index (χ0) is 30.3. The minimum atomic E-state index is -3.30. The second kappa shape index (κ2) is 13.7. The molecule has 1 fully saturated rings. The summed E-state index contributed by atoms with van der Waals surface area (Å²) in [6, 6.07) is 13.8. The Hall–Kier alpha value is -4.12. The molecule has 1 saturated carbocycles. The molecule has 0 aliphatic heterocycles. The van der Waals surface area contributed by atoms with E-state index in [-0.39, 0.29) is 11.8 Å². The van der Waals surface area contributed by atoms with E-state index in [1.54, 1.807) is 61.9 Å². The number of rotatable bonds is 8. The van der Waals surface area contributed by atoms with Crippen LogP contribution in [0.15, 0.2) is 73.3 Å². The standard InChI is InChI=1S/C18H18ClN3O2S.C13H7ClN2O/c1-3-25(23,24)22-18(12-4-5-12)15-8-14(10-21-11-15)13-6-7-17(20-2)16(19)9-13;1-15-13-3-2-10(5-12(13)14)11-4-9(8-17)6-16-7-11/h6-12,18,22H,3-5H2,1H3;2-8H. The molecule has 0 saturated heterocycles. The third kappa shape index (κ3) is 7.79. The average Bonchev–Trinajstić information content (AvgIpc) is 3.86. The number of aromatic nitrogens is 2. The van der Waals surface area contributed by atoms with Gasteiger partial charge in [0.1, 0.15) is 0 Å². The van der Waals surface area contributed by atoms with Crippen LogP contribution in [0.25, 0.3) is 31.9 Å². The van der Waals surface area contributed by atoms with E-state index in [1.165, 1.54) is 6.20 Å². The van der Waals surface area contributed by atoms with Gasteiger partial charge in [0.2, 0.25) is 21.4 Å². The van der Waals surface area contributed by atoms with E-state index in [4.69, 9.17) is 36.3 Å². The van der Waals surface area contributed by atoms with Crippen molar-refractivity contribution in [3.05, 3.63) is 117 Å². The van der Waals surface area contributed by atoms with Crippen LogP contribution in [-0.2, 0) is 10.0 Å². The van der Waals surface area contributed by atoms with Gasteiger partial charge >= 0.3 is 0 Å². The van der Waals surface area contributed by atoms with Gasteiger partial charge in [0, 0.05) is 51.5 Å². The molecule has 212 valence electrons. The second-order valence-electron chi connectivity index (χ2n) is 9.52. The van der Waals surface area contributed by atoms with Crippen molar-refractivity contribution in [3.63, 3.8) is 0 Å². The van der Waals surface area contributed by atoms with Crippen LogP contribution in [0.1, 0.15) is 41.7 Å². The van der Waals surface area contributed by atoms with Gasteiger partial charge in [-0.3, -0.25) is 14.8 Å². The highest BCUT2D eigenvalue weighted by atomic mass is 35.5. The first-order chi connectivity index (χ1) is 20.2. The molecule has 2 aromatic carbocycles. The number of hydrogen-bond acceptors (Lipinski definition) is 5. The van der Waals surface area contributed by atoms with Crippen LogP contribution >= 0.6 is 23.2 Å². The molecule has 4 aromatic rings. The lowest BCUT2D eigenvalue weighted by atomic mass is 10.0. The van der Waals surface area contributed by atoms with E-state index < -0.39 is 10.0 Å². The van der Waals surface area contributed by atoms with E-state index >= 15 is 0 Å². The molecule has 1 aliphatic carbocycles. The molecule has 8 nitrogen and oxygen atoms in total. The molecule has 2 heterocycles. The summed E-state index contributed by atoms with van der Waals surface area (Å²) in [4.78, 5) is 25.5. The highest BCUT2D eigenvalue weighted by Gasteiger charge is 2.35. The quantitative estimate of drug-likeness (QED) is 0.159. The molecular weight excluding hydrogens is 593 g/mol. The largest absolute Gasteiger partial charge is 0.298 e. The van der Waals surface area contributed by atoms with Gasteiger partial charge in [-0.15, -0.1) is 0 Å². The Morgan fingerprint density at radius 3 is 1.90 bits per heavy atom. The molecule has 1 unspecified atom stereocenters. The molecule has 5 rings (SSSR count). The molecule has 1 atom stereocenters. The Balaban J connectivity index is 0.000000208. The number of carbonyl (C=O) groups is 1. The summed E-state index contributed by atoms with van der Waals surface area (Å²) in [5.41, 5.74) is 5.50. The van der Waals surface area contributed by atoms with Gasteiger partial charge in [-0.25, -0.2) is 22.8 Å². The zero-order valence-electron chi connectivity index (χ0n) is 22.5. The lowest BCUT2D eigenvalue weighted by Crippen LogP contribution is -2.31. The maximum atomic E-state index is 12.0. The molecular formula is C31H25Cl2N5O3S. The fraction of sp³-hybridized carbons (Fsp3) is 0.194. The number of aldehydes is 1. The predicted molar refractivity (Wildman–Crippen MR) is 165 cm³/mol. The lowest BCUT2D eigenvalue weighted by molar-refractivity contribution is 0.112. The number of carbonyl (C=O) groups excluding carboxylic acids is 1. The number of hydrogen-bond donors (Lipinski definition) is 1. The Morgan fingerprint density at radius 1 is 0.881 bits per heavy atom. The number of sulfonamides is 1. The molecule has 2 aromatic heterocycles. The van der Waals surface area contributed by atoms with Crippen molar-refractivity contribution in [2.75, 3.05) is 5.75 Å². The van der Waals surface area contributed by atoms with E-state index in [9.17, 15) is 13.2 Å². The predicted octanol–water partition coefficient (Wildman–Crippen LogP) is 8.11. The van der Waals surface area contributed by atoms with Crippen LogP contribution in [0.5, 0.6) is 0 Å². The topological polar surface area (TPSA) is 97.7 Å². The van der Waals surface area contributed by atoms with Crippen LogP contribution in [-0.4, -0.2) is 30.4 Å². The molecule has 0 bridgehead atoms. The summed E-state index contributed by atoms with van der Waals surface area (Å²) in [6.07, 6.45) is 9.32. The number of pyridine rings is 2. The number of benzene rings is 2. The SMILES string of the molecule is [C-]#[N+]c1ccc(-c2cncc(C(NS(=O)(=O)CC)C3CC3)c2)cc1Cl.[C-]#[N+]c1ccc(-c2cncc(C=O)c2)cc1Cl. The minimum absolute atomic E-state index is 0.0526. The molecule has 42 heavy (non-hydrogen) atoms. The maximum absolute atomic E-state index is 12.0. The first-order valence-corrected chi connectivity index (χ1v) is 15.3. The first kappa shape index (κ1) is 30.8. The Labute approximate surface area is 255 Å². The van der Waals surface area contributed by atoms with E-state index in [2.05, 4.69) is 24.4 Å². The Bertz CT molecular complexity index is 1810. The summed E-state index contributed by atoms with van der Waals surface area (Å²) >= 11 is 12.1. The fourth-order valence-electron chi connectivity index (χ4n) is 4.16. The summed E-state index contributed by atoms with van der Waals surface area (Å²) in [5, 5.41) is 0.789. The van der Waals surface area contributed by atoms with Crippen LogP contribution in [0, 0.1) is 19.1 Å². The van der Waals surface area contributed by atoms with E-state index in [0.717, 1.165) is 46.9 Å². The molecule has 0 amide bonds. The van der Waals surface area contributed by atoms with Crippen molar-refractivity contribution in [1.82, 2.24) is 14.7 Å². The van der Waals surface area contributed by atoms with Crippen LogP contribution in [0.4, 0.5) is 11.4 Å². The van der Waals surface area contributed by atoms with E-state index in [1.807, 2.05) is 12.1 Å². The fourth-order valence-corrected chi connectivity index (χ4v) is 5.49. The third-order valence-corrected chi connectivity index (χ3v) is 8.58. The minimum Gasteiger partial charge on any atom is -0.298 e. The van der Waals surface area contributed by atoms with E-state index in [0.29, 0.717) is 32.9 Å². The summed E-state index contributed by atoms with van der Waals surface area (Å²) in [6.45, 7) is 15.6. The maximum Gasteiger partial charge on any atom is 0.211 e. The normalized spacial score (nSPS) is 13.2. The van der Waals surface area contributed by atoms with Crippen molar-refractivity contribution in [2.45, 2.75) is 25.8 Å². The molecule has 0 radical (unpaired) electrons. The summed E-state index contributed by atoms with van der Waals surface area (Å²) in [7, 11) is -3.30. The number of nitrogens with zero attached hydrogens (tertiary/aromatic N) is 4. The highest BCUT2D eigenvalue weighted by Crippen LogP contribution is 2.42. The number of nitrogens with one attached hydrogen (secondary N) is 1. The van der Waals surface area contributed by atoms with Crippen molar-refractivity contribution >= 4 is 50.9 Å². The van der Waals surface area contributed by atoms with Gasteiger partial charge < -0.3 is 0 Å². The average molecular weight is 619 g/mol. The van der Waals surface area contributed by atoms with Gasteiger partial charge in [-0.2, -0.15) is 0 Å². The van der Waals surface area contributed by atoms with Crippen molar-refractivity contribution in [2.24, 2.45) is 5.92 Å². The van der Waals surface area contributed by atoms with Gasteiger partial charge in [-0.05, 0) is 66.6 Å². The molecule has 1 N–H and O–H groups in total. The third-order valence-electron chi connectivity index (χ3n) is 6.60. The monoisotopic (exact) mass is 617 g/mol. The van der Waals surface area contributed by atoms with Crippen molar-refractivity contribution in [3.8, 4) is 22.3 Å². The zero-order valence-corrected chi connectivity index (χ0v) is 24.8. The van der Waals surface area contributed by atoms with Crippen molar-refractivity contribution in [1.29, 1.82) is 0 Å². The summed E-state index contributed by atoms with van der Waals surface area (Å²) in [5.74, 6) is 0.364.